The van der Waals surface area contributed by atoms with E-state index in [1.54, 1.807) is 0 Å². The van der Waals surface area contributed by atoms with Crippen LogP contribution in [0.25, 0.3) is 0 Å². The van der Waals surface area contributed by atoms with Crippen LogP contribution in [-0.4, -0.2) is 18.0 Å². The van der Waals surface area contributed by atoms with E-state index in [4.69, 9.17) is 4.74 Å². The first-order valence-electron chi connectivity index (χ1n) is 6.34. The first kappa shape index (κ1) is 14.6. The van der Waals surface area contributed by atoms with E-state index in [0.29, 0.717) is 13.0 Å². The van der Waals surface area contributed by atoms with Gasteiger partial charge >= 0.3 is 0 Å². The van der Waals surface area contributed by atoms with Crippen LogP contribution < -0.4 is 0 Å². The van der Waals surface area contributed by atoms with Crippen LogP contribution in [0.2, 0.25) is 0 Å². The summed E-state index contributed by atoms with van der Waals surface area (Å²) in [6, 6.07) is 0. The average molecular weight is 214 g/mol. The van der Waals surface area contributed by atoms with E-state index in [2.05, 4.69) is 20.8 Å². The number of carbonyl (C=O) groups excluding carboxylic acids is 1. The third-order valence-electron chi connectivity index (χ3n) is 2.72. The van der Waals surface area contributed by atoms with Gasteiger partial charge in [-0.05, 0) is 19.3 Å². The Balaban J connectivity index is 4.62. The SMILES string of the molecule is CCCOC(CCC)(CCC)C(=O)CC. The highest BCUT2D eigenvalue weighted by Gasteiger charge is 2.35. The fourth-order valence-corrected chi connectivity index (χ4v) is 2.06. The Bertz CT molecular complexity index is 169. The highest BCUT2D eigenvalue weighted by atomic mass is 16.5. The quantitative estimate of drug-likeness (QED) is 0.584. The average Bonchev–Trinajstić information content (AvgIpc) is 2.25. The molecule has 0 aliphatic rings. The van der Waals surface area contributed by atoms with Crippen molar-refractivity contribution < 1.29 is 9.53 Å². The lowest BCUT2D eigenvalue weighted by Crippen LogP contribution is -2.41. The van der Waals surface area contributed by atoms with Crippen LogP contribution in [-0.2, 0) is 9.53 Å². The van der Waals surface area contributed by atoms with Crippen molar-refractivity contribution in [1.82, 2.24) is 0 Å². The fourth-order valence-electron chi connectivity index (χ4n) is 2.06. The van der Waals surface area contributed by atoms with E-state index in [1.807, 2.05) is 6.92 Å². The van der Waals surface area contributed by atoms with Gasteiger partial charge in [-0.25, -0.2) is 0 Å². The summed E-state index contributed by atoms with van der Waals surface area (Å²) < 4.78 is 5.86. The number of Topliss-reactive ketones (excluding diaryl/α,β-unsaturated/α-hetero) is 1. The summed E-state index contributed by atoms with van der Waals surface area (Å²) in [5.74, 6) is 0.277. The second-order valence-electron chi connectivity index (χ2n) is 4.12. The van der Waals surface area contributed by atoms with Crippen molar-refractivity contribution in [2.45, 2.75) is 71.8 Å². The Kier molecular flexibility index (Phi) is 7.67. The Labute approximate surface area is 94.4 Å². The summed E-state index contributed by atoms with van der Waals surface area (Å²) in [6.45, 7) is 8.94. The van der Waals surface area contributed by atoms with Crippen LogP contribution in [0.5, 0.6) is 0 Å². The molecule has 2 nitrogen and oxygen atoms in total. The maximum Gasteiger partial charge on any atom is 0.164 e. The smallest absolute Gasteiger partial charge is 0.164 e. The molecule has 0 spiro atoms. The topological polar surface area (TPSA) is 26.3 Å². The third kappa shape index (κ3) is 4.33. The molecule has 90 valence electrons. The van der Waals surface area contributed by atoms with Crippen molar-refractivity contribution in [3.8, 4) is 0 Å². The Morgan fingerprint density at radius 2 is 1.53 bits per heavy atom. The molecule has 0 aromatic rings. The number of ketones is 1. The molecule has 0 aliphatic carbocycles. The second kappa shape index (κ2) is 7.86. The molecule has 0 aromatic carbocycles. The molecular formula is C13H26O2. The van der Waals surface area contributed by atoms with Crippen LogP contribution in [0.1, 0.15) is 66.2 Å². The minimum Gasteiger partial charge on any atom is -0.367 e. The normalized spacial score (nSPS) is 11.7. The number of hydrogen-bond donors (Lipinski definition) is 0. The van der Waals surface area contributed by atoms with Crippen molar-refractivity contribution in [2.24, 2.45) is 0 Å². The first-order chi connectivity index (χ1) is 7.16. The summed E-state index contributed by atoms with van der Waals surface area (Å²) in [7, 11) is 0. The fraction of sp³-hybridized carbons (Fsp3) is 0.923. The number of carbonyl (C=O) groups is 1. The van der Waals surface area contributed by atoms with E-state index in [0.717, 1.165) is 32.1 Å². The van der Waals surface area contributed by atoms with Gasteiger partial charge in [0.1, 0.15) is 5.60 Å². The summed E-state index contributed by atoms with van der Waals surface area (Å²) >= 11 is 0. The highest BCUT2D eigenvalue weighted by molar-refractivity contribution is 5.87. The third-order valence-corrected chi connectivity index (χ3v) is 2.72. The van der Waals surface area contributed by atoms with Crippen molar-refractivity contribution in [3.63, 3.8) is 0 Å². The van der Waals surface area contributed by atoms with Crippen LogP contribution in [0.3, 0.4) is 0 Å². The highest BCUT2D eigenvalue weighted by Crippen LogP contribution is 2.27. The number of ether oxygens (including phenoxy) is 1. The van der Waals surface area contributed by atoms with E-state index < -0.39 is 5.60 Å². The number of hydrogen-bond acceptors (Lipinski definition) is 2. The molecule has 0 bridgehead atoms. The largest absolute Gasteiger partial charge is 0.367 e. The second-order valence-corrected chi connectivity index (χ2v) is 4.12. The standard InChI is InChI=1S/C13H26O2/c1-5-9-13(10-6-2,12(14)8-4)15-11-7-3/h5-11H2,1-4H3. The van der Waals surface area contributed by atoms with Gasteiger partial charge in [0, 0.05) is 13.0 Å². The van der Waals surface area contributed by atoms with Gasteiger partial charge in [-0.1, -0.05) is 40.5 Å². The molecule has 0 aliphatic heterocycles. The Morgan fingerprint density at radius 3 is 1.87 bits per heavy atom. The number of rotatable bonds is 9. The lowest BCUT2D eigenvalue weighted by Gasteiger charge is -2.32. The van der Waals surface area contributed by atoms with Crippen molar-refractivity contribution in [2.75, 3.05) is 6.61 Å². The molecule has 0 N–H and O–H groups in total. The van der Waals surface area contributed by atoms with E-state index >= 15 is 0 Å². The molecule has 0 saturated carbocycles. The maximum atomic E-state index is 12.0. The minimum absolute atomic E-state index is 0.277. The summed E-state index contributed by atoms with van der Waals surface area (Å²) in [5.41, 5.74) is -0.478. The summed E-state index contributed by atoms with van der Waals surface area (Å²) in [5, 5.41) is 0. The Hall–Kier alpha value is -0.370. The predicted octanol–water partition coefficient (Wildman–Crippen LogP) is 3.73. The van der Waals surface area contributed by atoms with Crippen molar-refractivity contribution in [3.05, 3.63) is 0 Å². The molecule has 0 rings (SSSR count). The monoisotopic (exact) mass is 214 g/mol. The van der Waals surface area contributed by atoms with Crippen LogP contribution in [0.4, 0.5) is 0 Å². The first-order valence-corrected chi connectivity index (χ1v) is 6.34. The summed E-state index contributed by atoms with van der Waals surface area (Å²) in [4.78, 5) is 12.0. The van der Waals surface area contributed by atoms with Gasteiger partial charge in [0.25, 0.3) is 0 Å². The minimum atomic E-state index is -0.478. The maximum absolute atomic E-state index is 12.0. The molecule has 0 aromatic heterocycles. The van der Waals surface area contributed by atoms with Crippen molar-refractivity contribution in [1.29, 1.82) is 0 Å². The molecule has 2 heteroatoms. The lowest BCUT2D eigenvalue weighted by molar-refractivity contribution is -0.147. The zero-order chi connectivity index (χ0) is 11.7. The summed E-state index contributed by atoms with van der Waals surface area (Å²) in [6.07, 6.45) is 5.32. The van der Waals surface area contributed by atoms with Crippen LogP contribution >= 0.6 is 0 Å². The molecule has 15 heavy (non-hydrogen) atoms. The predicted molar refractivity (Wildman–Crippen MR) is 64.1 cm³/mol. The van der Waals surface area contributed by atoms with Gasteiger partial charge in [-0.15, -0.1) is 0 Å². The van der Waals surface area contributed by atoms with E-state index in [9.17, 15) is 4.79 Å². The molecule has 0 radical (unpaired) electrons. The van der Waals surface area contributed by atoms with Gasteiger partial charge in [-0.3, -0.25) is 4.79 Å². The molecule has 0 fully saturated rings. The van der Waals surface area contributed by atoms with Crippen LogP contribution in [0.15, 0.2) is 0 Å². The molecule has 0 atom stereocenters. The van der Waals surface area contributed by atoms with Crippen LogP contribution in [0, 0.1) is 0 Å². The van der Waals surface area contributed by atoms with E-state index in [-0.39, 0.29) is 5.78 Å². The van der Waals surface area contributed by atoms with Gasteiger partial charge in [0.05, 0.1) is 0 Å². The Morgan fingerprint density at radius 1 is 1.00 bits per heavy atom. The van der Waals surface area contributed by atoms with Gasteiger partial charge in [-0.2, -0.15) is 0 Å². The van der Waals surface area contributed by atoms with Gasteiger partial charge in [0.2, 0.25) is 0 Å². The van der Waals surface area contributed by atoms with Gasteiger partial charge < -0.3 is 4.74 Å². The van der Waals surface area contributed by atoms with Crippen molar-refractivity contribution >= 4 is 5.78 Å². The molecule has 0 heterocycles. The zero-order valence-electron chi connectivity index (χ0n) is 10.8. The van der Waals surface area contributed by atoms with Gasteiger partial charge in [0.15, 0.2) is 5.78 Å². The molecule has 0 saturated heterocycles. The van der Waals surface area contributed by atoms with E-state index in [1.165, 1.54) is 0 Å². The molecule has 0 unspecified atom stereocenters. The molecular weight excluding hydrogens is 188 g/mol. The molecule has 0 amide bonds. The lowest BCUT2D eigenvalue weighted by atomic mass is 9.86. The zero-order valence-corrected chi connectivity index (χ0v) is 10.8.